The highest BCUT2D eigenvalue weighted by atomic mass is 31.2. The quantitative estimate of drug-likeness (QED) is 0.119. The Labute approximate surface area is 256 Å². The second kappa shape index (κ2) is 10.3. The topological polar surface area (TPSA) is 88.9 Å². The Bertz CT molecular complexity index is 2060. The smallest absolute Gasteiger partial charge is 0.294 e. The number of fused-ring (bicyclic) bond motifs is 2. The predicted molar refractivity (Wildman–Crippen MR) is 179 cm³/mol. The van der Waals surface area contributed by atoms with Crippen molar-refractivity contribution in [3.63, 3.8) is 0 Å². The van der Waals surface area contributed by atoms with Crippen LogP contribution in [0.5, 0.6) is 0 Å². The lowest BCUT2D eigenvalue weighted by atomic mass is 9.84. The zero-order valence-corrected chi connectivity index (χ0v) is 25.8. The summed E-state index contributed by atoms with van der Waals surface area (Å²) in [6.45, 7) is 6.45. The summed E-state index contributed by atoms with van der Waals surface area (Å²) in [5, 5.41) is 20.2. The summed E-state index contributed by atoms with van der Waals surface area (Å²) in [5.74, 6) is 0.688. The van der Waals surface area contributed by atoms with Crippen LogP contribution < -0.4 is 15.5 Å². The first-order valence-corrected chi connectivity index (χ1v) is 16.2. The van der Waals surface area contributed by atoms with Crippen LogP contribution in [0.4, 0.5) is 22.9 Å². The van der Waals surface area contributed by atoms with E-state index in [9.17, 15) is 10.1 Å². The van der Waals surface area contributed by atoms with Gasteiger partial charge in [-0.25, -0.2) is 14.4 Å². The Hall–Kier alpha value is -5.07. The van der Waals surface area contributed by atoms with Crippen molar-refractivity contribution in [3.05, 3.63) is 142 Å². The van der Waals surface area contributed by atoms with Gasteiger partial charge in [0.2, 0.25) is 0 Å². The van der Waals surface area contributed by atoms with Crippen molar-refractivity contribution in [2.45, 2.75) is 26.2 Å². The second-order valence-electron chi connectivity index (χ2n) is 11.5. The molecular formula is C35H31N6O2P. The Morgan fingerprint density at radius 3 is 2.20 bits per heavy atom. The average molecular weight is 599 g/mol. The maximum absolute atomic E-state index is 12.3. The van der Waals surface area contributed by atoms with Crippen LogP contribution in [0.25, 0.3) is 5.69 Å². The molecule has 4 aromatic carbocycles. The van der Waals surface area contributed by atoms with Gasteiger partial charge in [0.1, 0.15) is 5.69 Å². The molecule has 0 N–H and O–H groups in total. The molecule has 2 aliphatic heterocycles. The lowest BCUT2D eigenvalue weighted by Gasteiger charge is -2.35. The summed E-state index contributed by atoms with van der Waals surface area (Å²) in [6, 6.07) is 35.3. The summed E-state index contributed by atoms with van der Waals surface area (Å²) in [4.78, 5) is 19.4. The number of benzene rings is 4. The number of nitrogens with zero attached hydrogens (tertiary/aromatic N) is 6. The summed E-state index contributed by atoms with van der Waals surface area (Å²) in [6.07, 6.45) is 1.95. The molecule has 0 fully saturated rings. The number of nitro benzene ring substituents is 1. The van der Waals surface area contributed by atoms with E-state index in [0.29, 0.717) is 11.5 Å². The Balaban J connectivity index is 1.69. The van der Waals surface area contributed by atoms with E-state index in [1.165, 1.54) is 11.6 Å². The van der Waals surface area contributed by atoms with Crippen molar-refractivity contribution >= 4 is 46.8 Å². The summed E-state index contributed by atoms with van der Waals surface area (Å²) in [5.41, 5.74) is 4.96. The first kappa shape index (κ1) is 27.7. The molecule has 8 nitrogen and oxygen atoms in total. The third kappa shape index (κ3) is 4.02. The zero-order valence-electron chi connectivity index (χ0n) is 24.9. The van der Waals surface area contributed by atoms with E-state index in [0.717, 1.165) is 38.7 Å². The number of rotatable bonds is 4. The molecule has 0 aliphatic carbocycles. The van der Waals surface area contributed by atoms with Crippen molar-refractivity contribution in [1.29, 1.82) is 0 Å². The van der Waals surface area contributed by atoms with E-state index in [1.807, 2.05) is 66.4 Å². The molecule has 0 spiro atoms. The van der Waals surface area contributed by atoms with Crippen molar-refractivity contribution < 1.29 is 4.92 Å². The standard InChI is InChI=1S/C35H31N6O2P/c1-24-32-34(40(37-24)25-15-7-5-8-16-25)36-23-31(33-35(2,3)27-19-11-13-21-29(27)39(33)4)44(32,26-17-9-6-10-18-26)38-28-20-12-14-22-30(28)41(42)43/h5-23H,1-4H3. The monoisotopic (exact) mass is 598 g/mol. The van der Waals surface area contributed by atoms with Crippen molar-refractivity contribution in [2.75, 3.05) is 11.9 Å². The molecular weight excluding hydrogens is 567 g/mol. The number of likely N-dealkylation sites (N-methyl/N-ethyl adjacent to an activating group) is 1. The fraction of sp³-hybridized carbons (Fsp3) is 0.143. The molecule has 7 rings (SSSR count). The number of anilines is 1. The van der Waals surface area contributed by atoms with Crippen LogP contribution in [0.15, 0.2) is 130 Å². The van der Waals surface area contributed by atoms with Gasteiger partial charge < -0.3 is 4.90 Å². The normalized spacial score (nSPS) is 19.9. The summed E-state index contributed by atoms with van der Waals surface area (Å²) >= 11 is 0. The third-order valence-electron chi connectivity index (χ3n) is 8.56. The molecule has 218 valence electrons. The van der Waals surface area contributed by atoms with Gasteiger partial charge in [-0.15, -0.1) is 0 Å². The number of nitro groups is 1. The zero-order chi connectivity index (χ0) is 30.6. The van der Waals surface area contributed by atoms with Crippen LogP contribution in [0.3, 0.4) is 0 Å². The van der Waals surface area contributed by atoms with E-state index in [1.54, 1.807) is 18.2 Å². The number of aryl methyl sites for hydroxylation is 1. The van der Waals surface area contributed by atoms with Crippen molar-refractivity contribution in [2.24, 2.45) is 9.74 Å². The predicted octanol–water partition coefficient (Wildman–Crippen LogP) is 7.93. The Morgan fingerprint density at radius 1 is 0.864 bits per heavy atom. The van der Waals surface area contributed by atoms with Gasteiger partial charge in [-0.2, -0.15) is 5.10 Å². The molecule has 5 aromatic rings. The number of aromatic nitrogens is 2. The minimum absolute atomic E-state index is 0.0355. The minimum Gasteiger partial charge on any atom is -0.346 e. The van der Waals surface area contributed by atoms with Gasteiger partial charge in [-0.3, -0.25) is 10.1 Å². The number of hydrogen-bond donors (Lipinski definition) is 0. The number of hydrogen-bond acceptors (Lipinski definition) is 6. The van der Waals surface area contributed by atoms with Gasteiger partial charge in [-0.1, -0.05) is 92.7 Å². The van der Waals surface area contributed by atoms with Gasteiger partial charge >= 0.3 is 0 Å². The molecule has 44 heavy (non-hydrogen) atoms. The van der Waals surface area contributed by atoms with E-state index in [-0.39, 0.29) is 10.6 Å². The van der Waals surface area contributed by atoms with E-state index < -0.39 is 12.5 Å². The van der Waals surface area contributed by atoms with Gasteiger partial charge in [0.15, 0.2) is 5.82 Å². The molecule has 1 atom stereocenters. The third-order valence-corrected chi connectivity index (χ3v) is 12.3. The fourth-order valence-electron chi connectivity index (χ4n) is 6.68. The Morgan fingerprint density at radius 2 is 1.50 bits per heavy atom. The fourth-order valence-corrected chi connectivity index (χ4v) is 10.8. The average Bonchev–Trinajstić information content (AvgIpc) is 3.49. The lowest BCUT2D eigenvalue weighted by Crippen LogP contribution is -2.30. The molecule has 1 unspecified atom stereocenters. The molecule has 0 saturated carbocycles. The summed E-state index contributed by atoms with van der Waals surface area (Å²) in [7, 11) is -0.950. The largest absolute Gasteiger partial charge is 0.346 e. The van der Waals surface area contributed by atoms with Gasteiger partial charge in [0.05, 0.1) is 28.7 Å². The highest BCUT2D eigenvalue weighted by Gasteiger charge is 2.47. The van der Waals surface area contributed by atoms with Gasteiger partial charge in [0.25, 0.3) is 5.69 Å². The van der Waals surface area contributed by atoms with Crippen LogP contribution in [0.2, 0.25) is 0 Å². The van der Waals surface area contributed by atoms with Crippen LogP contribution >= 0.6 is 7.05 Å². The van der Waals surface area contributed by atoms with Gasteiger partial charge in [-0.05, 0) is 36.8 Å². The van der Waals surface area contributed by atoms with Crippen LogP contribution in [0, 0.1) is 17.0 Å². The second-order valence-corrected chi connectivity index (χ2v) is 14.4. The molecule has 0 bridgehead atoms. The van der Waals surface area contributed by atoms with Crippen LogP contribution in [-0.4, -0.2) is 28.0 Å². The first-order chi connectivity index (χ1) is 21.2. The molecule has 9 heteroatoms. The minimum atomic E-state index is -3.04. The van der Waals surface area contributed by atoms with E-state index in [2.05, 4.69) is 62.2 Å². The highest BCUT2D eigenvalue weighted by Crippen LogP contribution is 2.65. The molecule has 0 saturated heterocycles. The maximum atomic E-state index is 12.3. The number of allylic oxidation sites excluding steroid dienone is 2. The highest BCUT2D eigenvalue weighted by molar-refractivity contribution is 7.86. The maximum Gasteiger partial charge on any atom is 0.294 e. The lowest BCUT2D eigenvalue weighted by molar-refractivity contribution is -0.384. The van der Waals surface area contributed by atoms with E-state index in [4.69, 9.17) is 14.8 Å². The molecule has 0 radical (unpaired) electrons. The number of para-hydroxylation sites is 3. The van der Waals surface area contributed by atoms with E-state index >= 15 is 0 Å². The molecule has 3 heterocycles. The first-order valence-electron chi connectivity index (χ1n) is 14.4. The molecule has 1 aromatic heterocycles. The summed E-state index contributed by atoms with van der Waals surface area (Å²) < 4.78 is 7.45. The van der Waals surface area contributed by atoms with Crippen LogP contribution in [-0.2, 0) is 5.41 Å². The molecule has 2 aliphatic rings. The van der Waals surface area contributed by atoms with Crippen LogP contribution in [0.1, 0.15) is 25.1 Å². The molecule has 0 amide bonds. The Kier molecular flexibility index (Phi) is 6.48. The van der Waals surface area contributed by atoms with Crippen molar-refractivity contribution in [1.82, 2.24) is 9.78 Å². The number of aliphatic imine (C=N–C) groups is 1. The van der Waals surface area contributed by atoms with Gasteiger partial charge in [0, 0.05) is 46.7 Å². The van der Waals surface area contributed by atoms with Crippen molar-refractivity contribution in [3.8, 4) is 5.69 Å². The SMILES string of the molecule is Cc1nn(-c2ccccc2)c2c1P(=Nc1ccccc1[N+](=O)[O-])(c1ccccc1)C(=C1N(C)c3ccccc3C1(C)C)C=N2.